The SMILES string of the molecule is CCCN1/C(=C/C=C2\CCCC(/C=C/C3=[N+](CCC)c4ccccc4C3(C)C)=C2n2cc(-c3cccc(OC(F)F)c3)nn2)C(C)(C)c2ccccc21. The Morgan fingerprint density at radius 3 is 2.42 bits per heavy atom. The summed E-state index contributed by atoms with van der Waals surface area (Å²) >= 11 is 0. The number of aromatic nitrogens is 3. The molecule has 0 spiro atoms. The molecule has 0 saturated heterocycles. The molecule has 0 N–H and O–H groups in total. The molecule has 0 bridgehead atoms. The van der Waals surface area contributed by atoms with Crippen molar-refractivity contribution in [1.82, 2.24) is 15.0 Å². The van der Waals surface area contributed by atoms with Crippen LogP contribution < -0.4 is 9.64 Å². The van der Waals surface area contributed by atoms with Crippen molar-refractivity contribution >= 4 is 22.8 Å². The molecular weight excluding hydrogens is 665 g/mol. The minimum atomic E-state index is -2.90. The van der Waals surface area contributed by atoms with Gasteiger partial charge in [-0.15, -0.1) is 5.10 Å². The second-order valence-electron chi connectivity index (χ2n) is 15.2. The van der Waals surface area contributed by atoms with Gasteiger partial charge >= 0.3 is 6.61 Å². The molecule has 0 saturated carbocycles. The number of rotatable bonds is 11. The van der Waals surface area contributed by atoms with Gasteiger partial charge in [0, 0.05) is 53.0 Å². The Hall–Kier alpha value is -5.11. The summed E-state index contributed by atoms with van der Waals surface area (Å²) in [5.41, 5.74) is 12.1. The molecule has 3 aromatic carbocycles. The molecule has 4 aromatic rings. The standard InChI is InChI=1S/C45H50F2N5O/c1-7-27-50-38-21-11-9-19-35(38)44(3,4)40(50)25-23-31-15-13-16-32(24-26-41-45(5,6)36-20-10-12-22-39(36)51(41)28-8-2)42(31)52-30-37(48-49-52)33-17-14-18-34(29-33)53-43(46)47/h9-12,14,17-26,29-30,43H,7-8,13,15-16,27-28H2,1-6H3/q+1. The molecule has 1 aromatic heterocycles. The van der Waals surface area contributed by atoms with Gasteiger partial charge in [0.25, 0.3) is 0 Å². The molecule has 3 heterocycles. The maximum atomic E-state index is 13.1. The van der Waals surface area contributed by atoms with Crippen LogP contribution in [0.5, 0.6) is 5.75 Å². The first-order valence-corrected chi connectivity index (χ1v) is 19.0. The van der Waals surface area contributed by atoms with Crippen LogP contribution in [0.25, 0.3) is 17.0 Å². The number of hydrogen-bond acceptors (Lipinski definition) is 4. The van der Waals surface area contributed by atoms with Crippen molar-refractivity contribution in [3.05, 3.63) is 131 Å². The number of alkyl halides is 2. The quantitative estimate of drug-likeness (QED) is 0.145. The number of halogens is 2. The third-order valence-corrected chi connectivity index (χ3v) is 11.0. The van der Waals surface area contributed by atoms with Crippen LogP contribution in [0.4, 0.5) is 20.2 Å². The monoisotopic (exact) mass is 714 g/mol. The van der Waals surface area contributed by atoms with Crippen LogP contribution >= 0.6 is 0 Å². The first-order chi connectivity index (χ1) is 25.5. The summed E-state index contributed by atoms with van der Waals surface area (Å²) in [5, 5.41) is 9.22. The summed E-state index contributed by atoms with van der Waals surface area (Å²) in [5.74, 6) is 0.0883. The predicted octanol–water partition coefficient (Wildman–Crippen LogP) is 11.0. The summed E-state index contributed by atoms with van der Waals surface area (Å²) < 4.78 is 35.2. The highest BCUT2D eigenvalue weighted by Crippen LogP contribution is 2.48. The molecule has 0 radical (unpaired) electrons. The van der Waals surface area contributed by atoms with Crippen molar-refractivity contribution in [2.75, 3.05) is 18.0 Å². The fourth-order valence-electron chi connectivity index (χ4n) is 8.44. The molecule has 7 rings (SSSR count). The first kappa shape index (κ1) is 36.3. The molecule has 53 heavy (non-hydrogen) atoms. The number of anilines is 1. The van der Waals surface area contributed by atoms with Gasteiger partial charge in [-0.3, -0.25) is 0 Å². The maximum absolute atomic E-state index is 13.1. The van der Waals surface area contributed by atoms with Crippen molar-refractivity contribution < 1.29 is 18.1 Å². The predicted molar refractivity (Wildman–Crippen MR) is 211 cm³/mol. The van der Waals surface area contributed by atoms with Gasteiger partial charge in [0.2, 0.25) is 5.69 Å². The summed E-state index contributed by atoms with van der Waals surface area (Å²) in [6, 6.07) is 24.1. The zero-order valence-electron chi connectivity index (χ0n) is 31.7. The Bertz CT molecular complexity index is 2170. The number of benzene rings is 3. The maximum Gasteiger partial charge on any atom is 0.387 e. The summed E-state index contributed by atoms with van der Waals surface area (Å²) in [7, 11) is 0. The lowest BCUT2D eigenvalue weighted by atomic mass is 9.81. The Balaban J connectivity index is 1.36. The Morgan fingerprint density at radius 2 is 1.64 bits per heavy atom. The van der Waals surface area contributed by atoms with E-state index in [4.69, 9.17) is 4.74 Å². The molecule has 1 aliphatic carbocycles. The van der Waals surface area contributed by atoms with Crippen molar-refractivity contribution in [2.45, 2.75) is 91.1 Å². The number of ether oxygens (including phenoxy) is 1. The van der Waals surface area contributed by atoms with Crippen LogP contribution in [-0.4, -0.2) is 45.0 Å². The van der Waals surface area contributed by atoms with E-state index in [1.807, 2.05) is 16.9 Å². The normalized spacial score (nSPS) is 19.3. The Kier molecular flexibility index (Phi) is 10.1. The minimum Gasteiger partial charge on any atom is -0.435 e. The number of fused-ring (bicyclic) bond motifs is 2. The van der Waals surface area contributed by atoms with Crippen molar-refractivity contribution in [3.8, 4) is 17.0 Å². The molecule has 3 aliphatic rings. The highest BCUT2D eigenvalue weighted by atomic mass is 19.3. The summed E-state index contributed by atoms with van der Waals surface area (Å²) in [6.45, 7) is 12.7. The average Bonchev–Trinajstić information content (AvgIpc) is 3.77. The second-order valence-corrected chi connectivity index (χ2v) is 15.2. The van der Waals surface area contributed by atoms with E-state index in [1.54, 1.807) is 12.1 Å². The smallest absolute Gasteiger partial charge is 0.387 e. The van der Waals surface area contributed by atoms with E-state index in [-0.39, 0.29) is 16.6 Å². The van der Waals surface area contributed by atoms with Crippen LogP contribution in [0.3, 0.4) is 0 Å². The van der Waals surface area contributed by atoms with E-state index in [0.29, 0.717) is 11.3 Å². The fraction of sp³-hybridized carbons (Fsp3) is 0.356. The highest BCUT2D eigenvalue weighted by Gasteiger charge is 2.44. The zero-order valence-corrected chi connectivity index (χ0v) is 31.7. The van der Waals surface area contributed by atoms with Crippen LogP contribution in [0.1, 0.15) is 84.8 Å². The van der Waals surface area contributed by atoms with Crippen molar-refractivity contribution in [1.29, 1.82) is 0 Å². The molecular formula is C45H50F2N5O+. The summed E-state index contributed by atoms with van der Waals surface area (Å²) in [6.07, 6.45) is 16.0. The van der Waals surface area contributed by atoms with Gasteiger partial charge in [-0.2, -0.15) is 13.4 Å². The van der Waals surface area contributed by atoms with Gasteiger partial charge in [0.05, 0.1) is 17.3 Å². The molecule has 2 aliphatic heterocycles. The third-order valence-electron chi connectivity index (χ3n) is 11.0. The second kappa shape index (κ2) is 14.7. The van der Waals surface area contributed by atoms with Crippen LogP contribution in [0.15, 0.2) is 120 Å². The lowest BCUT2D eigenvalue weighted by molar-refractivity contribution is -0.437. The number of para-hydroxylation sites is 2. The van der Waals surface area contributed by atoms with E-state index in [9.17, 15) is 8.78 Å². The van der Waals surface area contributed by atoms with Crippen molar-refractivity contribution in [3.63, 3.8) is 0 Å². The molecule has 0 atom stereocenters. The third kappa shape index (κ3) is 6.80. The van der Waals surface area contributed by atoms with E-state index in [0.717, 1.165) is 50.9 Å². The van der Waals surface area contributed by atoms with Crippen LogP contribution in [0.2, 0.25) is 0 Å². The number of nitrogens with zero attached hydrogens (tertiary/aromatic N) is 5. The zero-order chi connectivity index (χ0) is 37.3. The van der Waals surface area contributed by atoms with Gasteiger partial charge in [0.15, 0.2) is 5.71 Å². The van der Waals surface area contributed by atoms with Gasteiger partial charge in [-0.25, -0.2) is 4.68 Å². The lowest BCUT2D eigenvalue weighted by Gasteiger charge is -2.27. The van der Waals surface area contributed by atoms with Gasteiger partial charge in [0.1, 0.15) is 18.0 Å². The minimum absolute atomic E-state index is 0.0883. The molecule has 0 unspecified atom stereocenters. The van der Waals surface area contributed by atoms with Gasteiger partial charge in [-0.05, 0) is 80.5 Å². The highest BCUT2D eigenvalue weighted by molar-refractivity contribution is 6.03. The molecule has 8 heteroatoms. The first-order valence-electron chi connectivity index (χ1n) is 19.0. The van der Waals surface area contributed by atoms with Crippen molar-refractivity contribution in [2.24, 2.45) is 0 Å². The van der Waals surface area contributed by atoms with Crippen LogP contribution in [0, 0.1) is 0 Å². The van der Waals surface area contributed by atoms with Gasteiger partial charge in [-0.1, -0.05) is 93.6 Å². The molecule has 0 fully saturated rings. The topological polar surface area (TPSA) is 46.2 Å². The molecule has 0 amide bonds. The van der Waals surface area contributed by atoms with E-state index in [2.05, 4.69) is 134 Å². The molecule has 6 nitrogen and oxygen atoms in total. The summed E-state index contributed by atoms with van der Waals surface area (Å²) in [4.78, 5) is 2.47. The number of hydrogen-bond donors (Lipinski definition) is 0. The van der Waals surface area contributed by atoms with E-state index in [1.165, 1.54) is 51.1 Å². The molecule has 274 valence electrons. The lowest BCUT2D eigenvalue weighted by Crippen LogP contribution is -2.28. The average molecular weight is 715 g/mol. The largest absolute Gasteiger partial charge is 0.435 e. The fourth-order valence-corrected chi connectivity index (χ4v) is 8.44. The number of allylic oxidation sites excluding steroid dienone is 8. The Labute approximate surface area is 312 Å². The Morgan fingerprint density at radius 1 is 0.868 bits per heavy atom. The van der Waals surface area contributed by atoms with E-state index >= 15 is 0 Å². The van der Waals surface area contributed by atoms with Gasteiger partial charge < -0.3 is 9.64 Å². The van der Waals surface area contributed by atoms with Crippen LogP contribution in [-0.2, 0) is 10.8 Å². The van der Waals surface area contributed by atoms with E-state index < -0.39 is 6.61 Å².